The molecule has 1 heterocycles. The quantitative estimate of drug-likeness (QED) is 0.635. The van der Waals surface area contributed by atoms with Gasteiger partial charge in [0.2, 0.25) is 5.91 Å². The highest BCUT2D eigenvalue weighted by Gasteiger charge is 2.47. The summed E-state index contributed by atoms with van der Waals surface area (Å²) >= 11 is 0. The van der Waals surface area contributed by atoms with Gasteiger partial charge in [0.05, 0.1) is 0 Å². The van der Waals surface area contributed by atoms with Crippen LogP contribution in [-0.2, 0) is 17.8 Å². The predicted molar refractivity (Wildman–Crippen MR) is 124 cm³/mol. The topological polar surface area (TPSA) is 49.4 Å². The van der Waals surface area contributed by atoms with Crippen LogP contribution in [0.4, 0.5) is 5.69 Å². The minimum atomic E-state index is -1.03. The molecule has 31 heavy (non-hydrogen) atoms. The molecule has 0 fully saturated rings. The Bertz CT molecular complexity index is 1110. The molecule has 2 amide bonds. The summed E-state index contributed by atoms with van der Waals surface area (Å²) in [5.74, 6) is 0.0274. The van der Waals surface area contributed by atoms with E-state index in [0.29, 0.717) is 24.4 Å². The first-order valence-corrected chi connectivity index (χ1v) is 10.7. The fourth-order valence-electron chi connectivity index (χ4n) is 4.25. The Morgan fingerprint density at radius 1 is 1.00 bits per heavy atom. The average molecular weight is 413 g/mol. The number of nitrogens with zero attached hydrogens (tertiary/aromatic N) is 1. The number of anilines is 1. The number of fused-ring (bicyclic) bond motifs is 1. The molecule has 158 valence electrons. The lowest BCUT2D eigenvalue weighted by molar-refractivity contribution is -0.126. The van der Waals surface area contributed by atoms with Crippen molar-refractivity contribution in [1.82, 2.24) is 5.32 Å². The molecule has 0 bridgehead atoms. The maximum absolute atomic E-state index is 13.6. The molecule has 0 spiro atoms. The van der Waals surface area contributed by atoms with Gasteiger partial charge in [-0.05, 0) is 47.7 Å². The molecule has 0 unspecified atom stereocenters. The first kappa shape index (κ1) is 20.9. The number of carbonyl (C=O) groups is 2. The van der Waals surface area contributed by atoms with Gasteiger partial charge in [0.15, 0.2) is 0 Å². The van der Waals surface area contributed by atoms with Crippen molar-refractivity contribution in [1.29, 1.82) is 0 Å². The van der Waals surface area contributed by atoms with Crippen LogP contribution in [0.1, 0.15) is 53.7 Å². The highest BCUT2D eigenvalue weighted by Crippen LogP contribution is 2.36. The van der Waals surface area contributed by atoms with Crippen LogP contribution in [0.15, 0.2) is 78.9 Å². The Kier molecular flexibility index (Phi) is 5.64. The molecule has 0 aliphatic carbocycles. The first-order chi connectivity index (χ1) is 14.9. The highest BCUT2D eigenvalue weighted by atomic mass is 16.2. The minimum Gasteiger partial charge on any atom is -0.350 e. The lowest BCUT2D eigenvalue weighted by Gasteiger charge is -2.44. The Morgan fingerprint density at radius 2 is 1.71 bits per heavy atom. The summed E-state index contributed by atoms with van der Waals surface area (Å²) in [5.41, 5.74) is 3.44. The van der Waals surface area contributed by atoms with Gasteiger partial charge in [0.1, 0.15) is 5.54 Å². The number of nitrogens with one attached hydrogen (secondary N) is 1. The summed E-state index contributed by atoms with van der Waals surface area (Å²) in [6.07, 6.45) is 0.460. The number of hydrogen-bond acceptors (Lipinski definition) is 2. The Morgan fingerprint density at radius 3 is 2.45 bits per heavy atom. The summed E-state index contributed by atoms with van der Waals surface area (Å²) in [7, 11) is 0. The molecule has 1 atom stereocenters. The summed E-state index contributed by atoms with van der Waals surface area (Å²) in [4.78, 5) is 28.9. The van der Waals surface area contributed by atoms with Crippen LogP contribution in [0.5, 0.6) is 0 Å². The second kappa shape index (κ2) is 8.38. The van der Waals surface area contributed by atoms with Gasteiger partial charge in [-0.2, -0.15) is 0 Å². The molecule has 1 aliphatic rings. The SMILES string of the molecule is CC(C)c1cccc(N2C(=O)c3ccccc3C[C@@]2(C)C(=O)NCc2ccccc2)c1. The largest absolute Gasteiger partial charge is 0.350 e. The van der Waals surface area contributed by atoms with Gasteiger partial charge in [-0.3, -0.25) is 14.5 Å². The molecule has 4 nitrogen and oxygen atoms in total. The molecule has 3 aromatic carbocycles. The first-order valence-electron chi connectivity index (χ1n) is 10.7. The lowest BCUT2D eigenvalue weighted by atomic mass is 9.82. The summed E-state index contributed by atoms with van der Waals surface area (Å²) in [6.45, 7) is 6.53. The van der Waals surface area contributed by atoms with Crippen LogP contribution in [0.3, 0.4) is 0 Å². The van der Waals surface area contributed by atoms with E-state index >= 15 is 0 Å². The van der Waals surface area contributed by atoms with Gasteiger partial charge in [0, 0.05) is 24.2 Å². The zero-order chi connectivity index (χ0) is 22.0. The number of carbonyl (C=O) groups excluding carboxylic acids is 2. The van der Waals surface area contributed by atoms with Crippen molar-refractivity contribution < 1.29 is 9.59 Å². The maximum Gasteiger partial charge on any atom is 0.259 e. The highest BCUT2D eigenvalue weighted by molar-refractivity contribution is 6.14. The van der Waals surface area contributed by atoms with Crippen molar-refractivity contribution in [3.05, 3.63) is 101 Å². The van der Waals surface area contributed by atoms with E-state index in [1.54, 1.807) is 4.90 Å². The second-order valence-corrected chi connectivity index (χ2v) is 8.67. The predicted octanol–water partition coefficient (Wildman–Crippen LogP) is 5.09. The molecule has 0 radical (unpaired) electrons. The van der Waals surface area contributed by atoms with Gasteiger partial charge in [-0.25, -0.2) is 0 Å². The van der Waals surface area contributed by atoms with Gasteiger partial charge in [0.25, 0.3) is 5.91 Å². The van der Waals surface area contributed by atoms with E-state index in [2.05, 4.69) is 25.2 Å². The summed E-state index contributed by atoms with van der Waals surface area (Å²) in [5, 5.41) is 3.06. The van der Waals surface area contributed by atoms with Crippen LogP contribution in [-0.4, -0.2) is 17.4 Å². The minimum absolute atomic E-state index is 0.139. The van der Waals surface area contributed by atoms with E-state index in [9.17, 15) is 9.59 Å². The van der Waals surface area contributed by atoms with Crippen LogP contribution in [0.2, 0.25) is 0 Å². The molecule has 3 aromatic rings. The van der Waals surface area contributed by atoms with Gasteiger partial charge in [-0.1, -0.05) is 74.5 Å². The molecular formula is C27H28N2O2. The van der Waals surface area contributed by atoms with Gasteiger partial charge < -0.3 is 5.32 Å². The zero-order valence-corrected chi connectivity index (χ0v) is 18.3. The van der Waals surface area contributed by atoms with Crippen LogP contribution in [0.25, 0.3) is 0 Å². The average Bonchev–Trinajstić information content (AvgIpc) is 2.78. The van der Waals surface area contributed by atoms with E-state index in [0.717, 1.165) is 22.4 Å². The monoisotopic (exact) mass is 412 g/mol. The normalized spacial score (nSPS) is 18.1. The molecule has 1 aliphatic heterocycles. The van der Waals surface area contributed by atoms with E-state index in [4.69, 9.17) is 0 Å². The number of amides is 2. The fourth-order valence-corrected chi connectivity index (χ4v) is 4.25. The van der Waals surface area contributed by atoms with E-state index in [1.807, 2.05) is 79.7 Å². The molecular weight excluding hydrogens is 384 g/mol. The van der Waals surface area contributed by atoms with Crippen molar-refractivity contribution in [2.24, 2.45) is 0 Å². The molecule has 0 aromatic heterocycles. The van der Waals surface area contributed by atoms with Crippen molar-refractivity contribution >= 4 is 17.5 Å². The maximum atomic E-state index is 13.6. The van der Waals surface area contributed by atoms with E-state index in [-0.39, 0.29) is 11.8 Å². The van der Waals surface area contributed by atoms with Crippen LogP contribution in [0, 0.1) is 0 Å². The zero-order valence-electron chi connectivity index (χ0n) is 18.3. The molecule has 1 N–H and O–H groups in total. The Hall–Kier alpha value is -3.40. The summed E-state index contributed by atoms with van der Waals surface area (Å²) in [6, 6.07) is 25.4. The van der Waals surface area contributed by atoms with Crippen LogP contribution >= 0.6 is 0 Å². The van der Waals surface area contributed by atoms with Gasteiger partial charge in [-0.15, -0.1) is 0 Å². The van der Waals surface area contributed by atoms with Crippen LogP contribution < -0.4 is 10.2 Å². The molecule has 4 rings (SSSR count). The van der Waals surface area contributed by atoms with Crippen molar-refractivity contribution in [3.63, 3.8) is 0 Å². The second-order valence-electron chi connectivity index (χ2n) is 8.67. The van der Waals surface area contributed by atoms with Crippen molar-refractivity contribution in [3.8, 4) is 0 Å². The third-order valence-corrected chi connectivity index (χ3v) is 6.06. The lowest BCUT2D eigenvalue weighted by Crippen LogP contribution is -2.63. The smallest absolute Gasteiger partial charge is 0.259 e. The standard InChI is InChI=1S/C27H28N2O2/c1-19(2)21-13-9-14-23(16-21)29-25(30)24-15-8-7-12-22(24)17-27(29,3)26(31)28-18-20-10-5-4-6-11-20/h4-16,19H,17-18H2,1-3H3,(H,28,31)/t27-/m0/s1. The number of hydrogen-bond donors (Lipinski definition) is 1. The van der Waals surface area contributed by atoms with Crippen molar-refractivity contribution in [2.75, 3.05) is 4.90 Å². The van der Waals surface area contributed by atoms with E-state index < -0.39 is 5.54 Å². The third-order valence-electron chi connectivity index (χ3n) is 6.06. The molecule has 0 saturated carbocycles. The molecule has 4 heteroatoms. The Labute approximate surface area is 183 Å². The summed E-state index contributed by atoms with van der Waals surface area (Å²) < 4.78 is 0. The third kappa shape index (κ3) is 3.98. The van der Waals surface area contributed by atoms with Crippen molar-refractivity contribution in [2.45, 2.75) is 45.2 Å². The fraction of sp³-hybridized carbons (Fsp3) is 0.259. The van der Waals surface area contributed by atoms with E-state index in [1.165, 1.54) is 0 Å². The van der Waals surface area contributed by atoms with Gasteiger partial charge >= 0.3 is 0 Å². The number of benzene rings is 3. The Balaban J connectivity index is 1.74. The molecule has 0 saturated heterocycles. The number of rotatable bonds is 5.